The average Bonchev–Trinajstić information content (AvgIpc) is 3.23. The molecule has 0 aliphatic carbocycles. The molecule has 0 unspecified atom stereocenters. The molecule has 4 aromatic rings. The molecule has 190 valence electrons. The monoisotopic (exact) mass is 520 g/mol. The van der Waals surface area contributed by atoms with E-state index in [9.17, 15) is 13.2 Å². The largest absolute Gasteiger partial charge is 0.573 e. The molecule has 1 aromatic carbocycles. The van der Waals surface area contributed by atoms with Crippen molar-refractivity contribution in [3.63, 3.8) is 0 Å². The molecule has 3 aromatic heterocycles. The lowest BCUT2D eigenvalue weighted by Crippen LogP contribution is -2.29. The lowest BCUT2D eigenvalue weighted by Gasteiger charge is -2.25. The second-order valence-electron chi connectivity index (χ2n) is 8.28. The molecule has 0 bridgehead atoms. The van der Waals surface area contributed by atoms with Crippen molar-refractivity contribution in [2.24, 2.45) is 0 Å². The molecule has 13 heteroatoms. The van der Waals surface area contributed by atoms with Gasteiger partial charge in [0.2, 0.25) is 5.95 Å². The van der Waals surface area contributed by atoms with Crippen LogP contribution in [0.5, 0.6) is 5.75 Å². The van der Waals surface area contributed by atoms with E-state index in [2.05, 4.69) is 25.1 Å². The summed E-state index contributed by atoms with van der Waals surface area (Å²) in [7, 11) is 5.54. The van der Waals surface area contributed by atoms with Crippen LogP contribution in [0.4, 0.5) is 36.2 Å². The second kappa shape index (κ2) is 10.1. The average molecular weight is 521 g/mol. The fraction of sp³-hybridized carbons (Fsp3) is 0.261. The highest BCUT2D eigenvalue weighted by molar-refractivity contribution is 6.33. The summed E-state index contributed by atoms with van der Waals surface area (Å²) in [5, 5.41) is 7.32. The maximum absolute atomic E-state index is 13.2. The van der Waals surface area contributed by atoms with E-state index in [4.69, 9.17) is 17.3 Å². The fourth-order valence-corrected chi connectivity index (χ4v) is 3.74. The molecule has 0 spiro atoms. The van der Waals surface area contributed by atoms with Crippen LogP contribution >= 0.6 is 11.6 Å². The topological polar surface area (TPSA) is 96.8 Å². The zero-order chi connectivity index (χ0) is 26.0. The molecular formula is C23H24ClF3N8O. The van der Waals surface area contributed by atoms with E-state index in [1.165, 1.54) is 18.3 Å². The zero-order valence-corrected chi connectivity index (χ0v) is 20.5. The maximum atomic E-state index is 13.2. The third kappa shape index (κ3) is 5.71. The van der Waals surface area contributed by atoms with Gasteiger partial charge in [-0.1, -0.05) is 17.7 Å². The molecule has 9 nitrogen and oxygen atoms in total. The summed E-state index contributed by atoms with van der Waals surface area (Å²) in [5.74, 6) is -0.468. The molecule has 4 rings (SSSR count). The van der Waals surface area contributed by atoms with Gasteiger partial charge in [-0.15, -0.1) is 13.2 Å². The van der Waals surface area contributed by atoms with E-state index < -0.39 is 12.1 Å². The van der Waals surface area contributed by atoms with E-state index in [1.807, 2.05) is 37.2 Å². The van der Waals surface area contributed by atoms with Crippen molar-refractivity contribution < 1.29 is 17.9 Å². The standard InChI is InChI=1S/C23H24ClF3N8O/c1-33(2)8-9-34(3)19-11-20(36-23(25,26)27)17(10-16(19)28)31-22-29-13-15(24)21(32-22)14-12-30-35-7-5-4-6-18(14)35/h4-7,10-13H,8-9,28H2,1-3H3,(H,29,31,32). The maximum Gasteiger partial charge on any atom is 0.573 e. The van der Waals surface area contributed by atoms with Gasteiger partial charge < -0.3 is 25.6 Å². The van der Waals surface area contributed by atoms with Crippen LogP contribution in [0.25, 0.3) is 16.8 Å². The Morgan fingerprint density at radius 2 is 1.92 bits per heavy atom. The first kappa shape index (κ1) is 25.3. The number of halogens is 4. The SMILES string of the molecule is CN(C)CCN(C)c1cc(OC(F)(F)F)c(Nc2ncc(Cl)c(-c3cnn4ccccc34)n2)cc1N. The van der Waals surface area contributed by atoms with Crippen LogP contribution in [0.3, 0.4) is 0 Å². The number of alkyl halides is 3. The van der Waals surface area contributed by atoms with Crippen molar-refractivity contribution >= 4 is 40.1 Å². The van der Waals surface area contributed by atoms with E-state index in [1.54, 1.807) is 28.9 Å². The number of likely N-dealkylation sites (N-methyl/N-ethyl adjacent to an activating group) is 2. The molecule has 0 aliphatic rings. The number of hydrogen-bond acceptors (Lipinski definition) is 8. The third-order valence-electron chi connectivity index (χ3n) is 5.32. The van der Waals surface area contributed by atoms with Crippen LogP contribution in [-0.4, -0.2) is 65.1 Å². The molecule has 36 heavy (non-hydrogen) atoms. The van der Waals surface area contributed by atoms with E-state index in [0.717, 1.165) is 5.52 Å². The lowest BCUT2D eigenvalue weighted by atomic mass is 10.2. The second-order valence-corrected chi connectivity index (χ2v) is 8.69. The summed E-state index contributed by atoms with van der Waals surface area (Å²) >= 11 is 6.35. The van der Waals surface area contributed by atoms with E-state index >= 15 is 0 Å². The lowest BCUT2D eigenvalue weighted by molar-refractivity contribution is -0.274. The smallest absolute Gasteiger partial charge is 0.403 e. The molecule has 0 radical (unpaired) electrons. The van der Waals surface area contributed by atoms with Crippen LogP contribution in [0.1, 0.15) is 0 Å². The molecular weight excluding hydrogens is 497 g/mol. The molecule has 0 saturated carbocycles. The first-order chi connectivity index (χ1) is 17.0. The van der Waals surface area contributed by atoms with Gasteiger partial charge in [0, 0.05) is 38.0 Å². The van der Waals surface area contributed by atoms with Crippen molar-refractivity contribution in [3.05, 3.63) is 53.9 Å². The Kier molecular flexibility index (Phi) is 7.09. The Labute approximate surface area is 210 Å². The number of anilines is 4. The fourth-order valence-electron chi connectivity index (χ4n) is 3.55. The summed E-state index contributed by atoms with van der Waals surface area (Å²) < 4.78 is 45.7. The Balaban J connectivity index is 1.71. The number of nitrogens with two attached hydrogens (primary N) is 1. The first-order valence-electron chi connectivity index (χ1n) is 10.8. The molecule has 0 atom stereocenters. The Bertz CT molecular complexity index is 1380. The number of nitrogen functional groups attached to an aromatic ring is 1. The normalized spacial score (nSPS) is 11.8. The van der Waals surface area contributed by atoms with Gasteiger partial charge in [0.1, 0.15) is 0 Å². The number of pyridine rings is 1. The highest BCUT2D eigenvalue weighted by Gasteiger charge is 2.33. The molecule has 0 aliphatic heterocycles. The number of benzene rings is 1. The number of nitrogens with zero attached hydrogens (tertiary/aromatic N) is 6. The quantitative estimate of drug-likeness (QED) is 0.324. The molecule has 3 heterocycles. The number of nitrogens with one attached hydrogen (secondary N) is 1. The number of fused-ring (bicyclic) bond motifs is 1. The van der Waals surface area contributed by atoms with Crippen molar-refractivity contribution in [1.29, 1.82) is 0 Å². The van der Waals surface area contributed by atoms with Crippen LogP contribution < -0.4 is 20.7 Å². The van der Waals surface area contributed by atoms with Gasteiger partial charge >= 0.3 is 6.36 Å². The predicted molar refractivity (Wildman–Crippen MR) is 134 cm³/mol. The van der Waals surface area contributed by atoms with Gasteiger partial charge in [-0.25, -0.2) is 14.5 Å². The van der Waals surface area contributed by atoms with Crippen molar-refractivity contribution in [2.45, 2.75) is 6.36 Å². The van der Waals surface area contributed by atoms with Gasteiger partial charge in [-0.05, 0) is 32.3 Å². The minimum atomic E-state index is -4.92. The number of rotatable bonds is 8. The zero-order valence-electron chi connectivity index (χ0n) is 19.7. The summed E-state index contributed by atoms with van der Waals surface area (Å²) in [5.41, 5.74) is 8.55. The molecule has 0 amide bonds. The Hall–Kier alpha value is -3.77. The summed E-state index contributed by atoms with van der Waals surface area (Å²) in [6, 6.07) is 8.11. The van der Waals surface area contributed by atoms with Crippen LogP contribution in [-0.2, 0) is 0 Å². The summed E-state index contributed by atoms with van der Waals surface area (Å²) in [6.45, 7) is 1.22. The number of ether oxygens (including phenoxy) is 1. The predicted octanol–water partition coefficient (Wildman–Crippen LogP) is 4.67. The first-order valence-corrected chi connectivity index (χ1v) is 11.2. The van der Waals surface area contributed by atoms with Crippen LogP contribution in [0, 0.1) is 0 Å². The minimum absolute atomic E-state index is 0.00446. The van der Waals surface area contributed by atoms with Gasteiger partial charge in [0.25, 0.3) is 0 Å². The van der Waals surface area contributed by atoms with E-state index in [-0.39, 0.29) is 22.3 Å². The Morgan fingerprint density at radius 1 is 1.14 bits per heavy atom. The summed E-state index contributed by atoms with van der Waals surface area (Å²) in [6.07, 6.45) is -0.194. The highest BCUT2D eigenvalue weighted by Crippen LogP contribution is 2.39. The van der Waals surface area contributed by atoms with Gasteiger partial charge in [-0.3, -0.25) is 0 Å². The number of aromatic nitrogens is 4. The minimum Gasteiger partial charge on any atom is -0.403 e. The highest BCUT2D eigenvalue weighted by atomic mass is 35.5. The Morgan fingerprint density at radius 3 is 2.64 bits per heavy atom. The third-order valence-corrected chi connectivity index (χ3v) is 5.60. The van der Waals surface area contributed by atoms with Crippen LogP contribution in [0.15, 0.2) is 48.9 Å². The van der Waals surface area contributed by atoms with Crippen LogP contribution in [0.2, 0.25) is 5.02 Å². The van der Waals surface area contributed by atoms with Gasteiger partial charge in [-0.2, -0.15) is 5.10 Å². The van der Waals surface area contributed by atoms with E-state index in [0.29, 0.717) is 30.0 Å². The van der Waals surface area contributed by atoms with Gasteiger partial charge in [0.05, 0.1) is 45.7 Å². The van der Waals surface area contributed by atoms with Crippen molar-refractivity contribution in [1.82, 2.24) is 24.5 Å². The molecule has 3 N–H and O–H groups in total. The molecule has 0 saturated heterocycles. The van der Waals surface area contributed by atoms with Crippen molar-refractivity contribution in [2.75, 3.05) is 50.2 Å². The molecule has 0 fully saturated rings. The van der Waals surface area contributed by atoms with Crippen molar-refractivity contribution in [3.8, 4) is 17.0 Å². The summed E-state index contributed by atoms with van der Waals surface area (Å²) in [4.78, 5) is 12.3. The number of hydrogen-bond donors (Lipinski definition) is 2. The van der Waals surface area contributed by atoms with Gasteiger partial charge in [0.15, 0.2) is 5.75 Å².